The molecule has 0 spiro atoms. The normalized spacial score (nSPS) is 11.2. The van der Waals surface area contributed by atoms with Gasteiger partial charge in [0.15, 0.2) is 5.76 Å². The molecule has 10 heavy (non-hydrogen) atoms. The molecule has 1 N–H and O–H groups in total. The van der Waals surface area contributed by atoms with Gasteiger partial charge >= 0.3 is 5.97 Å². The molecule has 0 unspecified atom stereocenters. The van der Waals surface area contributed by atoms with Crippen molar-refractivity contribution in [2.24, 2.45) is 0 Å². The highest BCUT2D eigenvalue weighted by Crippen LogP contribution is 1.94. The van der Waals surface area contributed by atoms with E-state index in [-0.39, 0.29) is 5.76 Å². The van der Waals surface area contributed by atoms with Gasteiger partial charge in [-0.05, 0) is 19.4 Å². The van der Waals surface area contributed by atoms with Crippen LogP contribution in [0.4, 0.5) is 0 Å². The quantitative estimate of drug-likeness (QED) is 0.370. The lowest BCUT2D eigenvalue weighted by atomic mass is 10.4. The number of aliphatic hydroxyl groups excluding tert-OH is 1. The van der Waals surface area contributed by atoms with Crippen LogP contribution in [0.25, 0.3) is 0 Å². The topological polar surface area (TPSA) is 46.5 Å². The molecule has 3 heteroatoms. The van der Waals surface area contributed by atoms with E-state index in [4.69, 9.17) is 5.11 Å². The summed E-state index contributed by atoms with van der Waals surface area (Å²) < 4.78 is 4.50. The summed E-state index contributed by atoms with van der Waals surface area (Å²) in [7, 11) is 0. The third-order valence-electron chi connectivity index (χ3n) is 0.882. The Morgan fingerprint density at radius 3 is 2.60 bits per heavy atom. The van der Waals surface area contributed by atoms with Crippen LogP contribution in [-0.4, -0.2) is 17.7 Å². The SMILES string of the molecule is CC/C=C(/O)C(=O)OCC. The van der Waals surface area contributed by atoms with E-state index in [9.17, 15) is 4.79 Å². The van der Waals surface area contributed by atoms with Crippen molar-refractivity contribution in [3.8, 4) is 0 Å². The number of carbonyl (C=O) groups excluding carboxylic acids is 1. The lowest BCUT2D eigenvalue weighted by Crippen LogP contribution is -2.06. The van der Waals surface area contributed by atoms with Crippen LogP contribution >= 0.6 is 0 Å². The highest BCUT2D eigenvalue weighted by molar-refractivity contribution is 5.85. The Kier molecular flexibility index (Phi) is 4.37. The second-order valence-corrected chi connectivity index (χ2v) is 1.72. The molecular formula is C7H12O3. The van der Waals surface area contributed by atoms with Gasteiger partial charge in [0.2, 0.25) is 0 Å². The average molecular weight is 144 g/mol. The van der Waals surface area contributed by atoms with Gasteiger partial charge in [-0.15, -0.1) is 0 Å². The Labute approximate surface area is 60.3 Å². The van der Waals surface area contributed by atoms with Crippen LogP contribution < -0.4 is 0 Å². The number of rotatable bonds is 3. The molecule has 0 saturated heterocycles. The van der Waals surface area contributed by atoms with E-state index < -0.39 is 5.97 Å². The van der Waals surface area contributed by atoms with E-state index >= 15 is 0 Å². The van der Waals surface area contributed by atoms with Crippen LogP contribution in [0, 0.1) is 0 Å². The highest BCUT2D eigenvalue weighted by Gasteiger charge is 2.05. The molecule has 0 bridgehead atoms. The van der Waals surface area contributed by atoms with Crippen LogP contribution in [0.1, 0.15) is 20.3 Å². The molecule has 0 heterocycles. The third-order valence-corrected chi connectivity index (χ3v) is 0.882. The maximum Gasteiger partial charge on any atom is 0.373 e. The summed E-state index contributed by atoms with van der Waals surface area (Å²) in [4.78, 5) is 10.6. The van der Waals surface area contributed by atoms with Crippen LogP contribution in [0.2, 0.25) is 0 Å². The molecule has 0 aliphatic heterocycles. The minimum Gasteiger partial charge on any atom is -0.502 e. The lowest BCUT2D eigenvalue weighted by Gasteiger charge is -1.98. The van der Waals surface area contributed by atoms with Gasteiger partial charge in [-0.2, -0.15) is 0 Å². The molecule has 0 fully saturated rings. The summed E-state index contributed by atoms with van der Waals surface area (Å²) in [5, 5.41) is 8.84. The fourth-order valence-electron chi connectivity index (χ4n) is 0.482. The average Bonchev–Trinajstić information content (AvgIpc) is 1.89. The molecule has 3 nitrogen and oxygen atoms in total. The molecule has 0 rings (SSSR count). The predicted molar refractivity (Wildman–Crippen MR) is 37.6 cm³/mol. The molecule has 0 saturated carbocycles. The zero-order valence-corrected chi connectivity index (χ0v) is 6.26. The molecule has 0 aromatic heterocycles. The second-order valence-electron chi connectivity index (χ2n) is 1.72. The summed E-state index contributed by atoms with van der Waals surface area (Å²) in [6, 6.07) is 0. The Hall–Kier alpha value is -0.990. The van der Waals surface area contributed by atoms with Crippen LogP contribution in [0.5, 0.6) is 0 Å². The predicted octanol–water partition coefficient (Wildman–Crippen LogP) is 1.40. The summed E-state index contributed by atoms with van der Waals surface area (Å²) in [6.07, 6.45) is 2.04. The van der Waals surface area contributed by atoms with Crippen LogP contribution in [0.15, 0.2) is 11.8 Å². The van der Waals surface area contributed by atoms with Gasteiger partial charge in [0.05, 0.1) is 6.61 Å². The zero-order valence-electron chi connectivity index (χ0n) is 6.26. The van der Waals surface area contributed by atoms with Crippen LogP contribution in [0.3, 0.4) is 0 Å². The van der Waals surface area contributed by atoms with E-state index in [1.807, 2.05) is 6.92 Å². The fraction of sp³-hybridized carbons (Fsp3) is 0.571. The first-order valence-electron chi connectivity index (χ1n) is 3.28. The minimum absolute atomic E-state index is 0.292. The Morgan fingerprint density at radius 2 is 2.20 bits per heavy atom. The molecule has 0 amide bonds. The van der Waals surface area contributed by atoms with E-state index in [1.165, 1.54) is 6.08 Å². The van der Waals surface area contributed by atoms with Gasteiger partial charge in [-0.25, -0.2) is 4.79 Å². The standard InChI is InChI=1S/C7H12O3/c1-3-5-6(8)7(9)10-4-2/h5,8H,3-4H2,1-2H3/b6-5+. The Morgan fingerprint density at radius 1 is 1.60 bits per heavy atom. The molecule has 0 radical (unpaired) electrons. The molecule has 0 atom stereocenters. The fourth-order valence-corrected chi connectivity index (χ4v) is 0.482. The van der Waals surface area contributed by atoms with Gasteiger partial charge in [0.25, 0.3) is 0 Å². The highest BCUT2D eigenvalue weighted by atomic mass is 16.5. The first-order valence-corrected chi connectivity index (χ1v) is 3.28. The van der Waals surface area contributed by atoms with Gasteiger partial charge in [-0.1, -0.05) is 6.92 Å². The van der Waals surface area contributed by atoms with Crippen LogP contribution in [-0.2, 0) is 9.53 Å². The maximum atomic E-state index is 10.6. The van der Waals surface area contributed by atoms with Crippen molar-refractivity contribution in [2.75, 3.05) is 6.61 Å². The van der Waals surface area contributed by atoms with Gasteiger partial charge in [0.1, 0.15) is 0 Å². The first-order chi connectivity index (χ1) is 4.72. The molecule has 0 aliphatic carbocycles. The molecule has 0 aliphatic rings. The van der Waals surface area contributed by atoms with Crippen molar-refractivity contribution in [2.45, 2.75) is 20.3 Å². The van der Waals surface area contributed by atoms with Gasteiger partial charge in [-0.3, -0.25) is 0 Å². The van der Waals surface area contributed by atoms with Crippen molar-refractivity contribution < 1.29 is 14.6 Å². The number of allylic oxidation sites excluding steroid dienone is 1. The smallest absolute Gasteiger partial charge is 0.373 e. The summed E-state index contributed by atoms with van der Waals surface area (Å²) in [5.41, 5.74) is 0. The first kappa shape index (κ1) is 9.01. The van der Waals surface area contributed by atoms with E-state index in [0.717, 1.165) is 0 Å². The number of hydrogen-bond acceptors (Lipinski definition) is 3. The number of carbonyl (C=O) groups is 1. The number of aliphatic hydroxyl groups is 1. The van der Waals surface area contributed by atoms with Crippen molar-refractivity contribution in [1.82, 2.24) is 0 Å². The van der Waals surface area contributed by atoms with Crippen molar-refractivity contribution in [1.29, 1.82) is 0 Å². The van der Waals surface area contributed by atoms with Crippen molar-refractivity contribution >= 4 is 5.97 Å². The molecule has 0 aromatic rings. The minimum atomic E-state index is -0.649. The molecular weight excluding hydrogens is 132 g/mol. The zero-order chi connectivity index (χ0) is 7.98. The monoisotopic (exact) mass is 144 g/mol. The Balaban J connectivity index is 3.82. The van der Waals surface area contributed by atoms with E-state index in [1.54, 1.807) is 6.92 Å². The molecule has 58 valence electrons. The van der Waals surface area contributed by atoms with Crippen molar-refractivity contribution in [3.05, 3.63) is 11.8 Å². The van der Waals surface area contributed by atoms with E-state index in [2.05, 4.69) is 4.74 Å². The van der Waals surface area contributed by atoms with Gasteiger partial charge in [0, 0.05) is 0 Å². The van der Waals surface area contributed by atoms with Crippen molar-refractivity contribution in [3.63, 3.8) is 0 Å². The summed E-state index contributed by atoms with van der Waals surface area (Å²) in [5.74, 6) is -0.950. The maximum absolute atomic E-state index is 10.6. The van der Waals surface area contributed by atoms with E-state index in [0.29, 0.717) is 13.0 Å². The molecule has 0 aromatic carbocycles. The third kappa shape index (κ3) is 3.12. The largest absolute Gasteiger partial charge is 0.502 e. The number of esters is 1. The summed E-state index contributed by atoms with van der Waals surface area (Å²) in [6.45, 7) is 3.81. The number of ether oxygens (including phenoxy) is 1. The second kappa shape index (κ2) is 4.85. The number of hydrogen-bond donors (Lipinski definition) is 1. The van der Waals surface area contributed by atoms with Gasteiger partial charge < -0.3 is 9.84 Å². The lowest BCUT2D eigenvalue weighted by molar-refractivity contribution is -0.141. The summed E-state index contributed by atoms with van der Waals surface area (Å²) >= 11 is 0. The Bertz CT molecular complexity index is 138.